The zero-order valence-electron chi connectivity index (χ0n) is 11.7. The molecule has 0 atom stereocenters. The number of nitrogen functional groups attached to an aromatic ring is 1. The maximum absolute atomic E-state index is 13.4. The minimum absolute atomic E-state index is 0.144. The van der Waals surface area contributed by atoms with E-state index in [0.29, 0.717) is 12.1 Å². The summed E-state index contributed by atoms with van der Waals surface area (Å²) in [4.78, 5) is 4.33. The Labute approximate surface area is 124 Å². The van der Waals surface area contributed by atoms with E-state index < -0.39 is 11.7 Å². The van der Waals surface area contributed by atoms with Crippen molar-refractivity contribution in [1.82, 2.24) is 14.8 Å². The summed E-state index contributed by atoms with van der Waals surface area (Å²) in [6.07, 6.45) is -4.53. The predicted octanol–water partition coefficient (Wildman–Crippen LogP) is 3.72. The number of hydrogen-bond acceptors (Lipinski definition) is 3. The molecular weight excluding hydrogens is 293 g/mol. The fourth-order valence-electron chi connectivity index (χ4n) is 2.40. The molecule has 1 aromatic carbocycles. The van der Waals surface area contributed by atoms with Crippen LogP contribution in [0.4, 0.5) is 19.0 Å². The van der Waals surface area contributed by atoms with Gasteiger partial charge in [-0.25, -0.2) is 9.67 Å². The van der Waals surface area contributed by atoms with Crippen LogP contribution >= 0.6 is 0 Å². The summed E-state index contributed by atoms with van der Waals surface area (Å²) in [5.41, 5.74) is 5.86. The zero-order valence-corrected chi connectivity index (χ0v) is 11.7. The third-order valence-electron chi connectivity index (χ3n) is 3.40. The van der Waals surface area contributed by atoms with Gasteiger partial charge in [0.2, 0.25) is 0 Å². The monoisotopic (exact) mass is 306 g/mol. The van der Waals surface area contributed by atoms with Crippen LogP contribution in [0.1, 0.15) is 12.5 Å². The van der Waals surface area contributed by atoms with Crippen LogP contribution in [0.5, 0.6) is 0 Å². The number of aryl methyl sites for hydroxylation is 1. The molecule has 0 saturated heterocycles. The van der Waals surface area contributed by atoms with Gasteiger partial charge in [0.25, 0.3) is 0 Å². The Bertz CT molecular complexity index is 822. The molecular formula is C15H13F3N4. The first-order valence-corrected chi connectivity index (χ1v) is 6.71. The maximum atomic E-state index is 13.4. The molecule has 0 radical (unpaired) electrons. The number of nitrogens with two attached hydrogens (primary N) is 1. The van der Waals surface area contributed by atoms with Crippen LogP contribution < -0.4 is 5.73 Å². The number of anilines is 1. The Morgan fingerprint density at radius 2 is 1.86 bits per heavy atom. The summed E-state index contributed by atoms with van der Waals surface area (Å²) in [5.74, 6) is -0.156. The van der Waals surface area contributed by atoms with Crippen molar-refractivity contribution in [3.8, 4) is 11.3 Å². The average molecular weight is 306 g/mol. The van der Waals surface area contributed by atoms with E-state index in [1.807, 2.05) is 0 Å². The van der Waals surface area contributed by atoms with E-state index >= 15 is 0 Å². The van der Waals surface area contributed by atoms with Gasteiger partial charge >= 0.3 is 6.18 Å². The number of rotatable bonds is 2. The second-order valence-electron chi connectivity index (χ2n) is 4.82. The summed E-state index contributed by atoms with van der Waals surface area (Å²) in [5, 5.41) is 3.80. The van der Waals surface area contributed by atoms with Gasteiger partial charge in [0.15, 0.2) is 11.5 Å². The molecule has 2 aromatic heterocycles. The second-order valence-corrected chi connectivity index (χ2v) is 4.82. The van der Waals surface area contributed by atoms with Crippen LogP contribution in [0.15, 0.2) is 36.4 Å². The van der Waals surface area contributed by atoms with Crippen molar-refractivity contribution in [3.63, 3.8) is 0 Å². The number of fused-ring (bicyclic) bond motifs is 1. The first-order chi connectivity index (χ1) is 10.4. The van der Waals surface area contributed by atoms with Crippen molar-refractivity contribution in [2.45, 2.75) is 19.6 Å². The summed E-state index contributed by atoms with van der Waals surface area (Å²) in [6, 6.07) is 9.74. The van der Waals surface area contributed by atoms with Gasteiger partial charge in [-0.05, 0) is 13.0 Å². The minimum atomic E-state index is -4.53. The standard InChI is InChI=1S/C15H13F3N4/c1-2-22-14-12(13(19)21-22)10(15(16,17)18)8-11(20-14)9-6-4-3-5-7-9/h3-8H,2H2,1H3,(H2,19,21). The van der Waals surface area contributed by atoms with Crippen LogP contribution in [0.2, 0.25) is 0 Å². The van der Waals surface area contributed by atoms with E-state index in [9.17, 15) is 13.2 Å². The highest BCUT2D eigenvalue weighted by Gasteiger charge is 2.35. The lowest BCUT2D eigenvalue weighted by Gasteiger charge is -2.11. The van der Waals surface area contributed by atoms with Gasteiger partial charge in [0.1, 0.15) is 0 Å². The number of pyridine rings is 1. The van der Waals surface area contributed by atoms with Crippen molar-refractivity contribution >= 4 is 16.9 Å². The van der Waals surface area contributed by atoms with Gasteiger partial charge in [0.05, 0.1) is 16.6 Å². The normalized spacial score (nSPS) is 12.0. The molecule has 2 N–H and O–H groups in total. The van der Waals surface area contributed by atoms with E-state index in [0.717, 1.165) is 6.07 Å². The van der Waals surface area contributed by atoms with Crippen LogP contribution in [0.25, 0.3) is 22.3 Å². The van der Waals surface area contributed by atoms with Crippen molar-refractivity contribution < 1.29 is 13.2 Å². The highest BCUT2D eigenvalue weighted by Crippen LogP contribution is 2.38. The van der Waals surface area contributed by atoms with E-state index in [1.165, 1.54) is 4.68 Å². The van der Waals surface area contributed by atoms with Crippen molar-refractivity contribution in [2.24, 2.45) is 0 Å². The number of aromatic nitrogens is 3. The molecule has 2 heterocycles. The number of benzene rings is 1. The van der Waals surface area contributed by atoms with Crippen molar-refractivity contribution in [3.05, 3.63) is 42.0 Å². The second kappa shape index (κ2) is 5.01. The molecule has 22 heavy (non-hydrogen) atoms. The Morgan fingerprint density at radius 1 is 1.18 bits per heavy atom. The predicted molar refractivity (Wildman–Crippen MR) is 78.1 cm³/mol. The SMILES string of the molecule is CCn1nc(N)c2c(C(F)(F)F)cc(-c3ccccc3)nc21. The molecule has 0 aliphatic carbocycles. The van der Waals surface area contributed by atoms with E-state index in [4.69, 9.17) is 5.73 Å². The summed E-state index contributed by atoms with van der Waals surface area (Å²) < 4.78 is 41.5. The Morgan fingerprint density at radius 3 is 2.45 bits per heavy atom. The molecule has 3 rings (SSSR count). The van der Waals surface area contributed by atoms with Crippen LogP contribution in [0, 0.1) is 0 Å². The Kier molecular flexibility index (Phi) is 3.27. The average Bonchev–Trinajstić information content (AvgIpc) is 2.83. The largest absolute Gasteiger partial charge is 0.417 e. The molecule has 0 aliphatic rings. The van der Waals surface area contributed by atoms with Gasteiger partial charge in [0, 0.05) is 12.1 Å². The first kappa shape index (κ1) is 14.4. The summed E-state index contributed by atoms with van der Waals surface area (Å²) in [6.45, 7) is 2.16. The van der Waals surface area contributed by atoms with E-state index in [2.05, 4.69) is 10.1 Å². The molecule has 0 amide bonds. The van der Waals surface area contributed by atoms with Gasteiger partial charge in [-0.15, -0.1) is 0 Å². The van der Waals surface area contributed by atoms with Gasteiger partial charge in [-0.3, -0.25) is 0 Å². The molecule has 3 aromatic rings. The summed E-state index contributed by atoms with van der Waals surface area (Å²) >= 11 is 0. The molecule has 4 nitrogen and oxygen atoms in total. The zero-order chi connectivity index (χ0) is 15.9. The highest BCUT2D eigenvalue weighted by atomic mass is 19.4. The molecule has 0 spiro atoms. The Balaban J connectivity index is 2.38. The third kappa shape index (κ3) is 2.28. The number of halogens is 3. The Hall–Kier alpha value is -2.57. The first-order valence-electron chi connectivity index (χ1n) is 6.71. The molecule has 0 bridgehead atoms. The fraction of sp³-hybridized carbons (Fsp3) is 0.200. The molecule has 7 heteroatoms. The number of alkyl halides is 3. The van der Waals surface area contributed by atoms with Crippen LogP contribution in [-0.4, -0.2) is 14.8 Å². The van der Waals surface area contributed by atoms with Gasteiger partial charge < -0.3 is 5.73 Å². The molecule has 114 valence electrons. The van der Waals surface area contributed by atoms with E-state index in [1.54, 1.807) is 37.3 Å². The minimum Gasteiger partial charge on any atom is -0.382 e. The highest BCUT2D eigenvalue weighted by molar-refractivity contribution is 5.92. The van der Waals surface area contributed by atoms with Crippen molar-refractivity contribution in [1.29, 1.82) is 0 Å². The number of hydrogen-bond donors (Lipinski definition) is 1. The van der Waals surface area contributed by atoms with Gasteiger partial charge in [-0.2, -0.15) is 18.3 Å². The van der Waals surface area contributed by atoms with Gasteiger partial charge in [-0.1, -0.05) is 30.3 Å². The van der Waals surface area contributed by atoms with E-state index in [-0.39, 0.29) is 22.5 Å². The lowest BCUT2D eigenvalue weighted by Crippen LogP contribution is -2.08. The van der Waals surface area contributed by atoms with Crippen LogP contribution in [-0.2, 0) is 12.7 Å². The molecule has 0 saturated carbocycles. The lowest BCUT2D eigenvalue weighted by atomic mass is 10.1. The summed E-state index contributed by atoms with van der Waals surface area (Å²) in [7, 11) is 0. The fourth-order valence-corrected chi connectivity index (χ4v) is 2.40. The lowest BCUT2D eigenvalue weighted by molar-refractivity contribution is -0.136. The molecule has 0 fully saturated rings. The quantitative estimate of drug-likeness (QED) is 0.785. The molecule has 0 aliphatic heterocycles. The maximum Gasteiger partial charge on any atom is 0.417 e. The van der Waals surface area contributed by atoms with Crippen LogP contribution in [0.3, 0.4) is 0 Å². The topological polar surface area (TPSA) is 56.7 Å². The number of nitrogens with zero attached hydrogens (tertiary/aromatic N) is 3. The smallest absolute Gasteiger partial charge is 0.382 e. The third-order valence-corrected chi connectivity index (χ3v) is 3.40. The molecule has 0 unspecified atom stereocenters. The van der Waals surface area contributed by atoms with Crippen molar-refractivity contribution in [2.75, 3.05) is 5.73 Å².